The third kappa shape index (κ3) is 3.35. The van der Waals surface area contributed by atoms with E-state index in [1.165, 1.54) is 0 Å². The molecule has 1 aliphatic rings. The predicted molar refractivity (Wildman–Crippen MR) is 113 cm³/mol. The molecular weight excluding hydrogens is 350 g/mol. The maximum Gasteiger partial charge on any atom is 0.251 e. The standard InChI is InChI=1S/C23H21N3O2/c1-24-22(27)16-11-13-17(14-12-16)25-21(15-7-3-2-4-8-15)20-18-9-5-6-10-19(18)26-23(20)28/h2-14,23,25-26,28H,1H3,(H,24,27)/b21-20-. The van der Waals surface area contributed by atoms with Crippen molar-refractivity contribution in [3.05, 3.63) is 95.6 Å². The summed E-state index contributed by atoms with van der Waals surface area (Å²) in [6, 6.07) is 25.0. The molecule has 140 valence electrons. The average molecular weight is 371 g/mol. The van der Waals surface area contributed by atoms with Crippen molar-refractivity contribution in [3.8, 4) is 0 Å². The van der Waals surface area contributed by atoms with Gasteiger partial charge < -0.3 is 21.1 Å². The summed E-state index contributed by atoms with van der Waals surface area (Å²) < 4.78 is 0. The van der Waals surface area contributed by atoms with Gasteiger partial charge in [0.15, 0.2) is 6.23 Å². The van der Waals surface area contributed by atoms with E-state index >= 15 is 0 Å². The van der Waals surface area contributed by atoms with Gasteiger partial charge in [-0.2, -0.15) is 0 Å². The monoisotopic (exact) mass is 371 g/mol. The van der Waals surface area contributed by atoms with E-state index in [0.29, 0.717) is 5.56 Å². The summed E-state index contributed by atoms with van der Waals surface area (Å²) in [5.41, 5.74) is 5.85. The number of carbonyl (C=O) groups excluding carboxylic acids is 1. The SMILES string of the molecule is CNC(=O)c1ccc(N/C(=C2/c3ccccc3NC2O)c2ccccc2)cc1. The largest absolute Gasteiger partial charge is 0.369 e. The van der Waals surface area contributed by atoms with E-state index in [0.717, 1.165) is 33.8 Å². The molecule has 5 heteroatoms. The van der Waals surface area contributed by atoms with E-state index in [4.69, 9.17) is 0 Å². The zero-order chi connectivity index (χ0) is 19.5. The van der Waals surface area contributed by atoms with Crippen molar-refractivity contribution in [1.29, 1.82) is 0 Å². The van der Waals surface area contributed by atoms with Crippen molar-refractivity contribution < 1.29 is 9.90 Å². The molecule has 0 radical (unpaired) electrons. The van der Waals surface area contributed by atoms with Crippen LogP contribution < -0.4 is 16.0 Å². The number of hydrogen-bond donors (Lipinski definition) is 4. The number of aliphatic hydroxyl groups excluding tert-OH is 1. The lowest BCUT2D eigenvalue weighted by molar-refractivity contribution is 0.0963. The molecule has 0 bridgehead atoms. The first-order chi connectivity index (χ1) is 13.7. The third-order valence-electron chi connectivity index (χ3n) is 4.76. The number of amides is 1. The van der Waals surface area contributed by atoms with Gasteiger partial charge in [-0.25, -0.2) is 0 Å². The lowest BCUT2D eigenvalue weighted by Crippen LogP contribution is -2.17. The van der Waals surface area contributed by atoms with E-state index in [9.17, 15) is 9.90 Å². The number of anilines is 2. The Hall–Kier alpha value is -3.57. The molecule has 4 N–H and O–H groups in total. The number of rotatable bonds is 4. The van der Waals surface area contributed by atoms with Gasteiger partial charge in [-0.3, -0.25) is 4.79 Å². The first-order valence-corrected chi connectivity index (χ1v) is 9.10. The maximum atomic E-state index is 11.8. The number of carbonyl (C=O) groups is 1. The van der Waals surface area contributed by atoms with E-state index < -0.39 is 6.23 Å². The maximum absolute atomic E-state index is 11.8. The summed E-state index contributed by atoms with van der Waals surface area (Å²) in [6.07, 6.45) is -0.815. The molecule has 0 fully saturated rings. The van der Waals surface area contributed by atoms with Gasteiger partial charge in [-0.15, -0.1) is 0 Å². The van der Waals surface area contributed by atoms with Crippen LogP contribution in [-0.4, -0.2) is 24.3 Å². The van der Waals surface area contributed by atoms with Crippen molar-refractivity contribution in [1.82, 2.24) is 5.32 Å². The van der Waals surface area contributed by atoms with E-state index in [1.54, 1.807) is 19.2 Å². The average Bonchev–Trinajstić information content (AvgIpc) is 3.08. The molecule has 5 nitrogen and oxygen atoms in total. The highest BCUT2D eigenvalue weighted by atomic mass is 16.3. The Morgan fingerprint density at radius 3 is 2.29 bits per heavy atom. The molecule has 3 aromatic carbocycles. The highest BCUT2D eigenvalue weighted by molar-refractivity contribution is 6.03. The molecule has 1 aliphatic heterocycles. The molecule has 3 aromatic rings. The fourth-order valence-corrected chi connectivity index (χ4v) is 3.38. The van der Waals surface area contributed by atoms with E-state index in [2.05, 4.69) is 16.0 Å². The van der Waals surface area contributed by atoms with Gasteiger partial charge in [0.2, 0.25) is 0 Å². The van der Waals surface area contributed by atoms with Crippen molar-refractivity contribution >= 4 is 28.6 Å². The fourth-order valence-electron chi connectivity index (χ4n) is 3.38. The van der Waals surface area contributed by atoms with Crippen LogP contribution in [0.2, 0.25) is 0 Å². The van der Waals surface area contributed by atoms with Crippen molar-refractivity contribution in [2.75, 3.05) is 17.7 Å². The third-order valence-corrected chi connectivity index (χ3v) is 4.76. The molecular formula is C23H21N3O2. The van der Waals surface area contributed by atoms with Gasteiger partial charge in [0.1, 0.15) is 0 Å². The number of fused-ring (bicyclic) bond motifs is 1. The van der Waals surface area contributed by atoms with Crippen LogP contribution in [0.3, 0.4) is 0 Å². The lowest BCUT2D eigenvalue weighted by Gasteiger charge is -2.18. The first-order valence-electron chi connectivity index (χ1n) is 9.10. The smallest absolute Gasteiger partial charge is 0.251 e. The van der Waals surface area contributed by atoms with Crippen LogP contribution in [0, 0.1) is 0 Å². The summed E-state index contributed by atoms with van der Waals surface area (Å²) in [5.74, 6) is -0.127. The summed E-state index contributed by atoms with van der Waals surface area (Å²) in [5, 5.41) is 19.9. The van der Waals surface area contributed by atoms with Crippen LogP contribution in [0.1, 0.15) is 21.5 Å². The lowest BCUT2D eigenvalue weighted by atomic mass is 9.99. The van der Waals surface area contributed by atoms with Gasteiger partial charge in [-0.05, 0) is 35.9 Å². The number of nitrogens with one attached hydrogen (secondary N) is 3. The molecule has 0 saturated carbocycles. The van der Waals surface area contributed by atoms with Crippen LogP contribution >= 0.6 is 0 Å². The van der Waals surface area contributed by atoms with Crippen molar-refractivity contribution in [2.24, 2.45) is 0 Å². The van der Waals surface area contributed by atoms with E-state index in [1.807, 2.05) is 66.7 Å². The summed E-state index contributed by atoms with van der Waals surface area (Å²) in [6.45, 7) is 0. The topological polar surface area (TPSA) is 73.4 Å². The van der Waals surface area contributed by atoms with Gasteiger partial charge in [-0.1, -0.05) is 48.5 Å². The summed E-state index contributed by atoms with van der Waals surface area (Å²) in [7, 11) is 1.61. The molecule has 28 heavy (non-hydrogen) atoms. The quantitative estimate of drug-likeness (QED) is 0.563. The van der Waals surface area contributed by atoms with Gasteiger partial charge in [0.05, 0.1) is 5.70 Å². The van der Waals surface area contributed by atoms with E-state index in [-0.39, 0.29) is 5.91 Å². The Balaban J connectivity index is 1.79. The fraction of sp³-hybridized carbons (Fsp3) is 0.0870. The van der Waals surface area contributed by atoms with Gasteiger partial charge >= 0.3 is 0 Å². The Labute approximate surface area is 163 Å². The number of para-hydroxylation sites is 1. The Kier molecular flexibility index (Phi) is 4.83. The molecule has 0 aromatic heterocycles. The molecule has 1 atom stereocenters. The normalized spacial score (nSPS) is 16.7. The zero-order valence-corrected chi connectivity index (χ0v) is 15.4. The highest BCUT2D eigenvalue weighted by Crippen LogP contribution is 2.39. The Morgan fingerprint density at radius 2 is 1.57 bits per heavy atom. The van der Waals surface area contributed by atoms with Crippen molar-refractivity contribution in [2.45, 2.75) is 6.23 Å². The molecule has 4 rings (SSSR count). The Bertz CT molecular complexity index is 1030. The first kappa shape index (κ1) is 17.8. The summed E-state index contributed by atoms with van der Waals surface area (Å²) in [4.78, 5) is 11.8. The van der Waals surface area contributed by atoms with Gasteiger partial charge in [0, 0.05) is 35.1 Å². The van der Waals surface area contributed by atoms with Crippen LogP contribution in [-0.2, 0) is 0 Å². The number of benzene rings is 3. The second-order valence-corrected chi connectivity index (χ2v) is 6.53. The zero-order valence-electron chi connectivity index (χ0n) is 15.4. The highest BCUT2D eigenvalue weighted by Gasteiger charge is 2.28. The molecule has 0 spiro atoms. The van der Waals surface area contributed by atoms with Crippen LogP contribution in [0.4, 0.5) is 11.4 Å². The minimum atomic E-state index is -0.815. The molecule has 0 aliphatic carbocycles. The second-order valence-electron chi connectivity index (χ2n) is 6.53. The van der Waals surface area contributed by atoms with Crippen molar-refractivity contribution in [3.63, 3.8) is 0 Å². The van der Waals surface area contributed by atoms with Crippen LogP contribution in [0.5, 0.6) is 0 Å². The minimum absolute atomic E-state index is 0.127. The molecule has 1 heterocycles. The van der Waals surface area contributed by atoms with Crippen LogP contribution in [0.25, 0.3) is 11.3 Å². The van der Waals surface area contributed by atoms with Gasteiger partial charge in [0.25, 0.3) is 5.91 Å². The predicted octanol–water partition coefficient (Wildman–Crippen LogP) is 3.77. The van der Waals surface area contributed by atoms with Crippen LogP contribution in [0.15, 0.2) is 78.9 Å². The number of hydrogen-bond acceptors (Lipinski definition) is 4. The minimum Gasteiger partial charge on any atom is -0.369 e. The Morgan fingerprint density at radius 1 is 0.893 bits per heavy atom. The second kappa shape index (κ2) is 7.58. The molecule has 0 saturated heterocycles. The molecule has 1 unspecified atom stereocenters. The summed E-state index contributed by atoms with van der Waals surface area (Å²) >= 11 is 0. The number of aliphatic hydroxyl groups is 1. The molecule has 1 amide bonds.